The number of thiazole rings is 1. The number of fused-ring (bicyclic) bond motifs is 1. The van der Waals surface area contributed by atoms with Crippen molar-refractivity contribution in [3.8, 4) is 0 Å². The molecule has 2 aromatic carbocycles. The van der Waals surface area contributed by atoms with E-state index >= 15 is 0 Å². The lowest BCUT2D eigenvalue weighted by atomic mass is 10.1. The van der Waals surface area contributed by atoms with Crippen LogP contribution in [-0.4, -0.2) is 48.5 Å². The van der Waals surface area contributed by atoms with E-state index in [0.717, 1.165) is 31.4 Å². The molecule has 12 heteroatoms. The summed E-state index contributed by atoms with van der Waals surface area (Å²) in [6.45, 7) is 3.96. The quantitative estimate of drug-likeness (QED) is 0.351. The van der Waals surface area contributed by atoms with Gasteiger partial charge in [-0.25, -0.2) is 9.67 Å². The van der Waals surface area contributed by atoms with Crippen molar-refractivity contribution in [2.45, 2.75) is 23.3 Å². The van der Waals surface area contributed by atoms with Crippen molar-refractivity contribution >= 4 is 68.3 Å². The van der Waals surface area contributed by atoms with Crippen LogP contribution in [-0.2, 0) is 16.6 Å². The number of carbonyl (C=O) groups excluding carboxylic acids is 2. The molecule has 9 nitrogen and oxygen atoms in total. The molecule has 0 unspecified atom stereocenters. The Balaban J connectivity index is 1.33. The van der Waals surface area contributed by atoms with Crippen molar-refractivity contribution in [2.24, 2.45) is 7.05 Å². The largest absolute Gasteiger partial charge is 0.325 e. The highest BCUT2D eigenvalue weighted by Gasteiger charge is 2.12. The molecule has 0 radical (unpaired) electrons. The summed E-state index contributed by atoms with van der Waals surface area (Å²) in [7, 11) is 1.72. The van der Waals surface area contributed by atoms with Crippen molar-refractivity contribution in [3.05, 3.63) is 47.5 Å². The predicted molar refractivity (Wildman–Crippen MR) is 133 cm³/mol. The fourth-order valence-electron chi connectivity index (χ4n) is 3.03. The molecule has 0 saturated heterocycles. The van der Waals surface area contributed by atoms with Gasteiger partial charge in [0.2, 0.25) is 17.0 Å². The average molecular weight is 500 g/mol. The lowest BCUT2D eigenvalue weighted by Gasteiger charge is -2.10. The normalized spacial score (nSPS) is 11.0. The lowest BCUT2D eigenvalue weighted by molar-refractivity contribution is -0.114. The van der Waals surface area contributed by atoms with E-state index in [0.29, 0.717) is 10.8 Å². The van der Waals surface area contributed by atoms with Crippen LogP contribution in [0.1, 0.15) is 11.1 Å². The number of carbonyl (C=O) groups is 2. The van der Waals surface area contributed by atoms with Gasteiger partial charge in [0.15, 0.2) is 4.34 Å². The summed E-state index contributed by atoms with van der Waals surface area (Å²) in [6.07, 6.45) is 0. The molecule has 2 heterocycles. The van der Waals surface area contributed by atoms with Gasteiger partial charge in [-0.3, -0.25) is 9.59 Å². The third kappa shape index (κ3) is 5.89. The highest BCUT2D eigenvalue weighted by molar-refractivity contribution is 8.01. The predicted octanol–water partition coefficient (Wildman–Crippen LogP) is 3.90. The van der Waals surface area contributed by atoms with E-state index in [1.807, 2.05) is 50.2 Å². The maximum Gasteiger partial charge on any atom is 0.234 e. The summed E-state index contributed by atoms with van der Waals surface area (Å²) in [6, 6.07) is 11.5. The Hall–Kier alpha value is -2.96. The molecule has 33 heavy (non-hydrogen) atoms. The van der Waals surface area contributed by atoms with E-state index in [1.165, 1.54) is 39.5 Å². The van der Waals surface area contributed by atoms with Crippen molar-refractivity contribution in [1.82, 2.24) is 25.2 Å². The topological polar surface area (TPSA) is 115 Å². The number of benzene rings is 2. The monoisotopic (exact) mass is 499 g/mol. The van der Waals surface area contributed by atoms with Crippen LogP contribution in [0.2, 0.25) is 0 Å². The van der Waals surface area contributed by atoms with E-state index in [2.05, 4.69) is 31.1 Å². The number of anilines is 2. The van der Waals surface area contributed by atoms with Crippen molar-refractivity contribution in [2.75, 3.05) is 22.1 Å². The van der Waals surface area contributed by atoms with Crippen LogP contribution < -0.4 is 10.6 Å². The van der Waals surface area contributed by atoms with Gasteiger partial charge in [-0.15, -0.1) is 16.4 Å². The number of nitrogens with one attached hydrogen (secondary N) is 2. The number of nitrogens with zero attached hydrogens (tertiary/aromatic N) is 5. The second-order valence-corrected chi connectivity index (χ2v) is 10.4. The molecule has 4 rings (SSSR count). The number of amides is 2. The molecule has 0 aliphatic heterocycles. The van der Waals surface area contributed by atoms with E-state index in [4.69, 9.17) is 0 Å². The van der Waals surface area contributed by atoms with Crippen LogP contribution in [0.25, 0.3) is 10.2 Å². The molecule has 0 fully saturated rings. The van der Waals surface area contributed by atoms with Gasteiger partial charge in [0.1, 0.15) is 0 Å². The van der Waals surface area contributed by atoms with Crippen LogP contribution in [0, 0.1) is 13.8 Å². The Labute approximate surface area is 202 Å². The molecule has 170 valence electrons. The van der Waals surface area contributed by atoms with Crippen molar-refractivity contribution in [1.29, 1.82) is 0 Å². The van der Waals surface area contributed by atoms with Gasteiger partial charge in [-0.05, 0) is 53.6 Å². The van der Waals surface area contributed by atoms with Gasteiger partial charge in [0.25, 0.3) is 0 Å². The summed E-state index contributed by atoms with van der Waals surface area (Å²) in [5.41, 5.74) is 4.46. The number of para-hydroxylation sites is 1. The Morgan fingerprint density at radius 1 is 1.03 bits per heavy atom. The van der Waals surface area contributed by atoms with Gasteiger partial charge in [0.05, 0.1) is 21.7 Å². The fourth-order valence-corrected chi connectivity index (χ4v) is 5.59. The zero-order chi connectivity index (χ0) is 23.4. The van der Waals surface area contributed by atoms with Gasteiger partial charge in [-0.1, -0.05) is 41.7 Å². The summed E-state index contributed by atoms with van der Waals surface area (Å²) in [5, 5.41) is 17.6. The number of aromatic nitrogens is 5. The minimum absolute atomic E-state index is 0.0692. The Kier molecular flexibility index (Phi) is 7.26. The molecule has 0 aliphatic rings. The molecule has 2 amide bonds. The standard InChI is InChI=1S/C21H21N7O2S3/c1-12-5-4-6-13(2)19(12)24-18(30)11-32-21-23-15-8-7-14(9-16(15)33-21)22-17(29)10-31-20-25-26-27-28(20)3/h4-9H,10-11H2,1-3H3,(H,22,29)(H,24,30). The van der Waals surface area contributed by atoms with Gasteiger partial charge >= 0.3 is 0 Å². The molecule has 2 N–H and O–H groups in total. The number of hydrogen-bond donors (Lipinski definition) is 2. The smallest absolute Gasteiger partial charge is 0.234 e. The molecule has 2 aromatic heterocycles. The van der Waals surface area contributed by atoms with E-state index < -0.39 is 0 Å². The minimum atomic E-state index is -0.148. The first-order chi connectivity index (χ1) is 15.9. The first-order valence-corrected chi connectivity index (χ1v) is 12.7. The van der Waals surface area contributed by atoms with Crippen molar-refractivity contribution < 1.29 is 9.59 Å². The zero-order valence-corrected chi connectivity index (χ0v) is 20.6. The van der Waals surface area contributed by atoms with E-state index in [9.17, 15) is 9.59 Å². The summed E-state index contributed by atoms with van der Waals surface area (Å²) in [4.78, 5) is 29.3. The number of rotatable bonds is 8. The molecule has 4 aromatic rings. The first kappa shape index (κ1) is 23.2. The molecular weight excluding hydrogens is 478 g/mol. The van der Waals surface area contributed by atoms with Crippen LogP contribution in [0.3, 0.4) is 0 Å². The number of aryl methyl sites for hydroxylation is 3. The average Bonchev–Trinajstić information content (AvgIpc) is 3.38. The Morgan fingerprint density at radius 2 is 1.76 bits per heavy atom. The number of thioether (sulfide) groups is 2. The summed E-state index contributed by atoms with van der Waals surface area (Å²) in [5.74, 6) is 0.251. The third-order valence-electron chi connectivity index (χ3n) is 4.64. The molecule has 0 saturated carbocycles. The highest BCUT2D eigenvalue weighted by Crippen LogP contribution is 2.31. The zero-order valence-electron chi connectivity index (χ0n) is 18.2. The molecule has 0 atom stereocenters. The lowest BCUT2D eigenvalue weighted by Crippen LogP contribution is -2.15. The van der Waals surface area contributed by atoms with Crippen molar-refractivity contribution in [3.63, 3.8) is 0 Å². The maximum absolute atomic E-state index is 12.4. The number of tetrazole rings is 1. The SMILES string of the molecule is Cc1cccc(C)c1NC(=O)CSc1nc2ccc(NC(=O)CSc3nnnn3C)cc2s1. The molecule has 0 spiro atoms. The van der Waals surface area contributed by atoms with E-state index in [1.54, 1.807) is 7.05 Å². The first-order valence-electron chi connectivity index (χ1n) is 9.93. The van der Waals surface area contributed by atoms with Gasteiger partial charge in [0, 0.05) is 18.4 Å². The third-order valence-corrected chi connectivity index (χ3v) is 7.81. The van der Waals surface area contributed by atoms with Gasteiger partial charge in [-0.2, -0.15) is 0 Å². The van der Waals surface area contributed by atoms with Gasteiger partial charge < -0.3 is 10.6 Å². The second-order valence-electron chi connectivity index (χ2n) is 7.19. The second kappa shape index (κ2) is 10.3. The van der Waals surface area contributed by atoms with Crippen LogP contribution in [0.4, 0.5) is 11.4 Å². The molecule has 0 bridgehead atoms. The Bertz CT molecular complexity index is 1300. The molecule has 0 aliphatic carbocycles. The van der Waals surface area contributed by atoms with Crippen LogP contribution in [0.5, 0.6) is 0 Å². The highest BCUT2D eigenvalue weighted by atomic mass is 32.2. The Morgan fingerprint density at radius 3 is 2.48 bits per heavy atom. The molecular formula is C21H21N7O2S3. The summed E-state index contributed by atoms with van der Waals surface area (Å²) >= 11 is 4.15. The summed E-state index contributed by atoms with van der Waals surface area (Å²) < 4.78 is 3.26. The van der Waals surface area contributed by atoms with Crippen LogP contribution >= 0.6 is 34.9 Å². The fraction of sp³-hybridized carbons (Fsp3) is 0.238. The maximum atomic E-state index is 12.4. The number of hydrogen-bond acceptors (Lipinski definition) is 9. The minimum Gasteiger partial charge on any atom is -0.325 e. The van der Waals surface area contributed by atoms with E-state index in [-0.39, 0.29) is 23.3 Å². The van der Waals surface area contributed by atoms with Crippen LogP contribution in [0.15, 0.2) is 45.9 Å².